The molecule has 1 aromatic rings. The summed E-state index contributed by atoms with van der Waals surface area (Å²) in [4.78, 5) is 10.2. The fourth-order valence-corrected chi connectivity index (χ4v) is 1.70. The average molecular weight is 211 g/mol. The number of hydrogen-bond donors (Lipinski definition) is 0. The van der Waals surface area contributed by atoms with Crippen molar-refractivity contribution in [2.75, 3.05) is 12.9 Å². The summed E-state index contributed by atoms with van der Waals surface area (Å²) in [5.74, 6) is 0.442. The lowest BCUT2D eigenvalue weighted by Gasteiger charge is -2.04. The third-order valence-corrected chi connectivity index (χ3v) is 2.60. The number of thioether (sulfide) groups is 1. The van der Waals surface area contributed by atoms with Crippen LogP contribution in [-0.2, 0) is 10.5 Å². The predicted molar refractivity (Wildman–Crippen MR) is 54.2 cm³/mol. The van der Waals surface area contributed by atoms with Crippen LogP contribution >= 0.6 is 11.8 Å². The second kappa shape index (κ2) is 5.54. The lowest BCUT2D eigenvalue weighted by Crippen LogP contribution is -2.24. The van der Waals surface area contributed by atoms with E-state index >= 15 is 0 Å². The molecule has 0 aliphatic rings. The van der Waals surface area contributed by atoms with Crippen molar-refractivity contribution >= 4 is 17.7 Å². The number of carbonyl (C=O) groups is 1. The maximum atomic E-state index is 10.2. The van der Waals surface area contributed by atoms with Crippen LogP contribution in [0.25, 0.3) is 0 Å². The number of rotatable bonds is 5. The van der Waals surface area contributed by atoms with E-state index in [1.54, 1.807) is 7.11 Å². The number of benzene rings is 1. The fourth-order valence-electron chi connectivity index (χ4n) is 1.01. The number of aliphatic carboxylic acids is 1. The number of methoxy groups -OCH3 is 1. The minimum Gasteiger partial charge on any atom is -0.549 e. The van der Waals surface area contributed by atoms with Gasteiger partial charge in [0, 0.05) is 11.5 Å². The Morgan fingerprint density at radius 3 is 3.00 bits per heavy atom. The molecule has 0 amide bonds. The second-order valence-corrected chi connectivity index (χ2v) is 3.70. The van der Waals surface area contributed by atoms with E-state index in [-0.39, 0.29) is 5.75 Å². The van der Waals surface area contributed by atoms with Crippen LogP contribution in [0.15, 0.2) is 24.3 Å². The van der Waals surface area contributed by atoms with Crippen LogP contribution in [0.3, 0.4) is 0 Å². The van der Waals surface area contributed by atoms with Crippen LogP contribution in [0.2, 0.25) is 0 Å². The van der Waals surface area contributed by atoms with Crippen molar-refractivity contribution in [3.05, 3.63) is 29.8 Å². The first kappa shape index (κ1) is 10.9. The van der Waals surface area contributed by atoms with Crippen LogP contribution in [0.5, 0.6) is 5.75 Å². The van der Waals surface area contributed by atoms with E-state index < -0.39 is 5.97 Å². The Hall–Kier alpha value is -1.16. The number of carboxylic acid groups (broad SMARTS) is 1. The van der Waals surface area contributed by atoms with E-state index in [4.69, 9.17) is 4.74 Å². The summed E-state index contributed by atoms with van der Waals surface area (Å²) < 4.78 is 5.04. The highest BCUT2D eigenvalue weighted by atomic mass is 32.2. The zero-order valence-electron chi connectivity index (χ0n) is 7.86. The monoisotopic (exact) mass is 211 g/mol. The fraction of sp³-hybridized carbons (Fsp3) is 0.300. The van der Waals surface area contributed by atoms with Crippen LogP contribution in [0.1, 0.15) is 5.56 Å². The second-order valence-electron chi connectivity index (χ2n) is 2.72. The molecule has 0 radical (unpaired) electrons. The van der Waals surface area contributed by atoms with Crippen molar-refractivity contribution in [1.29, 1.82) is 0 Å². The molecule has 0 N–H and O–H groups in total. The van der Waals surface area contributed by atoms with Crippen molar-refractivity contribution in [1.82, 2.24) is 0 Å². The third-order valence-electron chi connectivity index (χ3n) is 1.62. The van der Waals surface area contributed by atoms with Gasteiger partial charge in [-0.05, 0) is 17.7 Å². The predicted octanol–water partition coefficient (Wildman–Crippen LogP) is 0.678. The van der Waals surface area contributed by atoms with Gasteiger partial charge >= 0.3 is 0 Å². The van der Waals surface area contributed by atoms with Gasteiger partial charge in [-0.1, -0.05) is 12.1 Å². The summed E-state index contributed by atoms with van der Waals surface area (Å²) in [7, 11) is 1.60. The van der Waals surface area contributed by atoms with E-state index in [2.05, 4.69) is 0 Å². The standard InChI is InChI=1S/C10H12O3S/c1-13-9-4-2-3-8(5-9)6-14-7-10(11)12/h2-5H,6-7H2,1H3,(H,11,12)/p-1. The zero-order chi connectivity index (χ0) is 10.4. The summed E-state index contributed by atoms with van der Waals surface area (Å²) in [6, 6.07) is 7.56. The molecule has 14 heavy (non-hydrogen) atoms. The molecule has 0 heterocycles. The Balaban J connectivity index is 2.46. The molecule has 0 unspecified atom stereocenters. The first-order chi connectivity index (χ1) is 6.72. The zero-order valence-corrected chi connectivity index (χ0v) is 8.67. The highest BCUT2D eigenvalue weighted by Gasteiger charge is 1.96. The van der Waals surface area contributed by atoms with Gasteiger partial charge in [0.1, 0.15) is 5.75 Å². The molecule has 0 saturated heterocycles. The number of carbonyl (C=O) groups excluding carboxylic acids is 1. The van der Waals surface area contributed by atoms with Crippen molar-refractivity contribution in [3.63, 3.8) is 0 Å². The molecule has 1 aromatic carbocycles. The van der Waals surface area contributed by atoms with Crippen LogP contribution in [-0.4, -0.2) is 18.8 Å². The summed E-state index contributed by atoms with van der Waals surface area (Å²) >= 11 is 1.32. The van der Waals surface area contributed by atoms with Crippen molar-refractivity contribution in [2.45, 2.75) is 5.75 Å². The molecule has 0 bridgehead atoms. The molecule has 76 valence electrons. The molecule has 0 atom stereocenters. The van der Waals surface area contributed by atoms with Gasteiger partial charge in [0.2, 0.25) is 0 Å². The maximum Gasteiger partial charge on any atom is 0.119 e. The van der Waals surface area contributed by atoms with Gasteiger partial charge in [0.15, 0.2) is 0 Å². The van der Waals surface area contributed by atoms with Crippen LogP contribution in [0.4, 0.5) is 0 Å². The Morgan fingerprint density at radius 1 is 1.57 bits per heavy atom. The molecule has 0 aromatic heterocycles. The number of hydrogen-bond acceptors (Lipinski definition) is 4. The first-order valence-electron chi connectivity index (χ1n) is 4.13. The van der Waals surface area contributed by atoms with Crippen molar-refractivity contribution < 1.29 is 14.6 Å². The summed E-state index contributed by atoms with van der Waals surface area (Å²) in [6.07, 6.45) is 0. The molecule has 0 aliphatic carbocycles. The van der Waals surface area contributed by atoms with Crippen LogP contribution < -0.4 is 9.84 Å². The highest BCUT2D eigenvalue weighted by Crippen LogP contribution is 2.17. The van der Waals surface area contributed by atoms with E-state index in [0.29, 0.717) is 5.75 Å². The molecule has 0 fully saturated rings. The molecule has 0 saturated carbocycles. The Morgan fingerprint density at radius 2 is 2.36 bits per heavy atom. The topological polar surface area (TPSA) is 49.4 Å². The Kier molecular flexibility index (Phi) is 4.32. The van der Waals surface area contributed by atoms with Crippen molar-refractivity contribution in [2.24, 2.45) is 0 Å². The van der Waals surface area contributed by atoms with Crippen molar-refractivity contribution in [3.8, 4) is 5.75 Å². The van der Waals surface area contributed by atoms with Gasteiger partial charge in [-0.2, -0.15) is 11.8 Å². The smallest absolute Gasteiger partial charge is 0.119 e. The molecular weight excluding hydrogens is 200 g/mol. The van der Waals surface area contributed by atoms with E-state index in [9.17, 15) is 9.90 Å². The minimum absolute atomic E-state index is 0.0250. The lowest BCUT2D eigenvalue weighted by atomic mass is 10.2. The molecule has 1 rings (SSSR count). The van der Waals surface area contributed by atoms with Gasteiger partial charge in [0.25, 0.3) is 0 Å². The quantitative estimate of drug-likeness (QED) is 0.718. The Labute approximate surface area is 87.1 Å². The van der Waals surface area contributed by atoms with Gasteiger partial charge in [-0.15, -0.1) is 0 Å². The SMILES string of the molecule is COc1cccc(CSCC(=O)[O-])c1. The number of ether oxygens (including phenoxy) is 1. The van der Waals surface area contributed by atoms with E-state index in [0.717, 1.165) is 11.3 Å². The lowest BCUT2D eigenvalue weighted by molar-refractivity contribution is -0.301. The summed E-state index contributed by atoms with van der Waals surface area (Å²) in [5, 5.41) is 10.2. The highest BCUT2D eigenvalue weighted by molar-refractivity contribution is 7.99. The van der Waals surface area contributed by atoms with Gasteiger partial charge in [0.05, 0.1) is 13.1 Å². The van der Waals surface area contributed by atoms with E-state index in [1.165, 1.54) is 11.8 Å². The average Bonchev–Trinajstić information content (AvgIpc) is 2.18. The Bertz CT molecular complexity index is 312. The minimum atomic E-state index is -1.03. The molecule has 4 heteroatoms. The molecule has 0 spiro atoms. The number of carboxylic acids is 1. The molecular formula is C10H11O3S-. The van der Waals surface area contributed by atoms with Gasteiger partial charge in [-0.3, -0.25) is 0 Å². The first-order valence-corrected chi connectivity index (χ1v) is 5.28. The van der Waals surface area contributed by atoms with Gasteiger partial charge < -0.3 is 14.6 Å². The molecule has 0 aliphatic heterocycles. The largest absolute Gasteiger partial charge is 0.549 e. The molecule has 3 nitrogen and oxygen atoms in total. The summed E-state index contributed by atoms with van der Waals surface area (Å²) in [6.45, 7) is 0. The summed E-state index contributed by atoms with van der Waals surface area (Å²) in [5.41, 5.74) is 1.05. The third kappa shape index (κ3) is 3.70. The van der Waals surface area contributed by atoms with Crippen LogP contribution in [0, 0.1) is 0 Å². The van der Waals surface area contributed by atoms with E-state index in [1.807, 2.05) is 24.3 Å². The van der Waals surface area contributed by atoms with Gasteiger partial charge in [-0.25, -0.2) is 0 Å². The normalized spacial score (nSPS) is 9.79. The maximum absolute atomic E-state index is 10.2.